The predicted molar refractivity (Wildman–Crippen MR) is 84.2 cm³/mol. The van der Waals surface area contributed by atoms with E-state index < -0.39 is 17.7 Å². The number of nitrogens with one attached hydrogen (secondary N) is 1. The molecule has 7 nitrogen and oxygen atoms in total. The van der Waals surface area contributed by atoms with E-state index in [0.717, 1.165) is 6.42 Å². The minimum atomic E-state index is -0.577. The first-order chi connectivity index (χ1) is 10.7. The molecule has 0 aromatic heterocycles. The van der Waals surface area contributed by atoms with Gasteiger partial charge in [0.15, 0.2) is 0 Å². The summed E-state index contributed by atoms with van der Waals surface area (Å²) >= 11 is 0. The molecule has 0 radical (unpaired) electrons. The zero-order valence-corrected chi connectivity index (χ0v) is 14.7. The van der Waals surface area contributed by atoms with Crippen molar-refractivity contribution in [1.82, 2.24) is 5.32 Å². The SMILES string of the molecule is CCOC(=O)CO[C@@H]1C[C@@H](CC)OC[C@@H]1NC(=O)OC(C)(C)C. The Balaban J connectivity index is 2.58. The molecule has 1 aliphatic rings. The summed E-state index contributed by atoms with van der Waals surface area (Å²) < 4.78 is 21.5. The highest BCUT2D eigenvalue weighted by molar-refractivity contribution is 5.70. The Labute approximate surface area is 138 Å². The van der Waals surface area contributed by atoms with Crippen LogP contribution in [0.25, 0.3) is 0 Å². The van der Waals surface area contributed by atoms with Gasteiger partial charge in [-0.25, -0.2) is 9.59 Å². The van der Waals surface area contributed by atoms with Crippen molar-refractivity contribution < 1.29 is 28.5 Å². The average molecular weight is 331 g/mol. The van der Waals surface area contributed by atoms with Gasteiger partial charge in [0.25, 0.3) is 0 Å². The molecule has 0 aromatic rings. The van der Waals surface area contributed by atoms with E-state index in [1.54, 1.807) is 27.7 Å². The summed E-state index contributed by atoms with van der Waals surface area (Å²) in [7, 11) is 0. The highest BCUT2D eigenvalue weighted by Crippen LogP contribution is 2.20. The Morgan fingerprint density at radius 3 is 2.52 bits per heavy atom. The van der Waals surface area contributed by atoms with Crippen LogP contribution in [0.4, 0.5) is 4.79 Å². The first-order valence-corrected chi connectivity index (χ1v) is 8.13. The van der Waals surface area contributed by atoms with Gasteiger partial charge in [0.2, 0.25) is 0 Å². The fraction of sp³-hybridized carbons (Fsp3) is 0.875. The number of ether oxygens (including phenoxy) is 4. The van der Waals surface area contributed by atoms with Crippen molar-refractivity contribution in [2.24, 2.45) is 0 Å². The smallest absolute Gasteiger partial charge is 0.408 e. The topological polar surface area (TPSA) is 83.1 Å². The second-order valence-corrected chi connectivity index (χ2v) is 6.51. The summed E-state index contributed by atoms with van der Waals surface area (Å²) in [5.74, 6) is -0.414. The van der Waals surface area contributed by atoms with E-state index in [4.69, 9.17) is 18.9 Å². The molecular formula is C16H29NO6. The molecule has 0 bridgehead atoms. The molecule has 0 saturated carbocycles. The van der Waals surface area contributed by atoms with Gasteiger partial charge in [-0.3, -0.25) is 0 Å². The zero-order chi connectivity index (χ0) is 17.5. The van der Waals surface area contributed by atoms with Crippen molar-refractivity contribution in [2.45, 2.75) is 71.3 Å². The number of amides is 1. The lowest BCUT2D eigenvalue weighted by atomic mass is 10.00. The van der Waals surface area contributed by atoms with Crippen LogP contribution in [0.1, 0.15) is 47.5 Å². The first-order valence-electron chi connectivity index (χ1n) is 8.13. The van der Waals surface area contributed by atoms with E-state index in [-0.39, 0.29) is 24.9 Å². The number of alkyl carbamates (subject to hydrolysis) is 1. The van der Waals surface area contributed by atoms with Gasteiger partial charge in [0.05, 0.1) is 31.5 Å². The highest BCUT2D eigenvalue weighted by atomic mass is 16.6. The minimum absolute atomic E-state index is 0.0545. The molecule has 0 aliphatic carbocycles. The van der Waals surface area contributed by atoms with Crippen molar-refractivity contribution in [3.63, 3.8) is 0 Å². The van der Waals surface area contributed by atoms with Crippen molar-refractivity contribution in [1.29, 1.82) is 0 Å². The molecule has 1 rings (SSSR count). The molecule has 0 spiro atoms. The fourth-order valence-electron chi connectivity index (χ4n) is 2.28. The highest BCUT2D eigenvalue weighted by Gasteiger charge is 2.34. The Bertz CT molecular complexity index is 393. The normalized spacial score (nSPS) is 24.8. The van der Waals surface area contributed by atoms with Crippen molar-refractivity contribution >= 4 is 12.1 Å². The van der Waals surface area contributed by atoms with Crippen molar-refractivity contribution in [3.05, 3.63) is 0 Å². The maximum Gasteiger partial charge on any atom is 0.408 e. The monoisotopic (exact) mass is 331 g/mol. The van der Waals surface area contributed by atoms with Gasteiger partial charge in [0, 0.05) is 6.42 Å². The number of hydrogen-bond donors (Lipinski definition) is 1. The molecule has 1 heterocycles. The van der Waals surface area contributed by atoms with Crippen molar-refractivity contribution in [2.75, 3.05) is 19.8 Å². The van der Waals surface area contributed by atoms with Crippen LogP contribution in [-0.4, -0.2) is 55.7 Å². The molecule has 134 valence electrons. The van der Waals surface area contributed by atoms with Crippen LogP contribution in [-0.2, 0) is 23.7 Å². The molecule has 0 unspecified atom stereocenters. The lowest BCUT2D eigenvalue weighted by Gasteiger charge is -2.36. The van der Waals surface area contributed by atoms with E-state index in [1.807, 2.05) is 6.92 Å². The summed E-state index contributed by atoms with van der Waals surface area (Å²) in [5, 5.41) is 2.76. The van der Waals surface area contributed by atoms with Gasteiger partial charge in [-0.2, -0.15) is 0 Å². The van der Waals surface area contributed by atoms with Crippen LogP contribution < -0.4 is 5.32 Å². The average Bonchev–Trinajstić information content (AvgIpc) is 2.44. The van der Waals surface area contributed by atoms with Crippen molar-refractivity contribution in [3.8, 4) is 0 Å². The maximum atomic E-state index is 11.9. The third-order valence-electron chi connectivity index (χ3n) is 3.33. The summed E-state index contributed by atoms with van der Waals surface area (Å²) in [5.41, 5.74) is -0.577. The molecule has 1 aliphatic heterocycles. The first kappa shape index (κ1) is 19.7. The van der Waals surface area contributed by atoms with Gasteiger partial charge >= 0.3 is 12.1 Å². The standard InChI is InChI=1S/C16H29NO6/c1-6-11-8-13(22-10-14(18)20-7-2)12(9-21-11)17-15(19)23-16(3,4)5/h11-13H,6-10H2,1-5H3,(H,17,19)/t11-,12+,13-/m1/s1. The number of carbonyl (C=O) groups excluding carboxylic acids is 2. The quantitative estimate of drug-likeness (QED) is 0.750. The summed E-state index contributed by atoms with van der Waals surface area (Å²) in [4.78, 5) is 23.4. The van der Waals surface area contributed by atoms with E-state index in [1.165, 1.54) is 0 Å². The number of rotatable bonds is 6. The predicted octanol–water partition coefficient (Wildman–Crippen LogP) is 2.03. The van der Waals surface area contributed by atoms with E-state index >= 15 is 0 Å². The maximum absolute atomic E-state index is 11.9. The molecular weight excluding hydrogens is 302 g/mol. The molecule has 1 N–H and O–H groups in total. The van der Waals surface area contributed by atoms with Crippen LogP contribution in [0.5, 0.6) is 0 Å². The minimum Gasteiger partial charge on any atom is -0.464 e. The van der Waals surface area contributed by atoms with Crippen LogP contribution >= 0.6 is 0 Å². The van der Waals surface area contributed by atoms with E-state index in [0.29, 0.717) is 19.6 Å². The Hall–Kier alpha value is -1.34. The molecule has 1 saturated heterocycles. The second-order valence-electron chi connectivity index (χ2n) is 6.51. The zero-order valence-electron chi connectivity index (χ0n) is 14.7. The molecule has 0 aromatic carbocycles. The largest absolute Gasteiger partial charge is 0.464 e. The molecule has 7 heteroatoms. The third-order valence-corrected chi connectivity index (χ3v) is 3.33. The van der Waals surface area contributed by atoms with Gasteiger partial charge in [0.1, 0.15) is 12.2 Å². The number of hydrogen-bond acceptors (Lipinski definition) is 6. The van der Waals surface area contributed by atoms with Crippen LogP contribution in [0.15, 0.2) is 0 Å². The second kappa shape index (κ2) is 9.08. The lowest BCUT2D eigenvalue weighted by molar-refractivity contribution is -0.155. The Morgan fingerprint density at radius 1 is 1.26 bits per heavy atom. The molecule has 1 amide bonds. The van der Waals surface area contributed by atoms with Crippen LogP contribution in [0.3, 0.4) is 0 Å². The van der Waals surface area contributed by atoms with E-state index in [9.17, 15) is 9.59 Å². The fourth-order valence-corrected chi connectivity index (χ4v) is 2.28. The summed E-state index contributed by atoms with van der Waals surface area (Å²) in [6.07, 6.45) is 0.671. The third kappa shape index (κ3) is 7.65. The molecule has 23 heavy (non-hydrogen) atoms. The summed E-state index contributed by atoms with van der Waals surface area (Å²) in [6.45, 7) is 9.66. The molecule has 3 atom stereocenters. The Kier molecular flexibility index (Phi) is 7.78. The van der Waals surface area contributed by atoms with Crippen LogP contribution in [0, 0.1) is 0 Å². The lowest BCUT2D eigenvalue weighted by Crippen LogP contribution is -2.53. The molecule has 1 fully saturated rings. The van der Waals surface area contributed by atoms with Gasteiger partial charge in [-0.15, -0.1) is 0 Å². The number of carbonyl (C=O) groups is 2. The van der Waals surface area contributed by atoms with Gasteiger partial charge in [-0.1, -0.05) is 6.92 Å². The Morgan fingerprint density at radius 2 is 1.96 bits per heavy atom. The van der Waals surface area contributed by atoms with E-state index in [2.05, 4.69) is 5.32 Å². The van der Waals surface area contributed by atoms with Crippen LogP contribution in [0.2, 0.25) is 0 Å². The number of esters is 1. The van der Waals surface area contributed by atoms with Gasteiger partial charge in [-0.05, 0) is 34.1 Å². The summed E-state index contributed by atoms with van der Waals surface area (Å²) in [6, 6.07) is -0.359. The van der Waals surface area contributed by atoms with Gasteiger partial charge < -0.3 is 24.3 Å².